The highest BCUT2D eigenvalue weighted by atomic mass is 16.6. The first-order valence-electron chi connectivity index (χ1n) is 6.83. The fraction of sp³-hybridized carbons (Fsp3) is 0.400. The van der Waals surface area contributed by atoms with Gasteiger partial charge >= 0.3 is 12.1 Å². The SMILES string of the molecule is CCOC(=O)[C@@H]1CCC(=O)N1C(=O)OCc1ccccc1. The molecule has 1 aromatic carbocycles. The predicted octanol–water partition coefficient (Wildman–Crippen LogP) is 1.88. The number of esters is 1. The Morgan fingerprint density at radius 2 is 1.95 bits per heavy atom. The van der Waals surface area contributed by atoms with Crippen LogP contribution in [-0.2, 0) is 25.7 Å². The normalized spacial score (nSPS) is 17.7. The molecule has 1 fully saturated rings. The molecule has 1 heterocycles. The Morgan fingerprint density at radius 3 is 2.62 bits per heavy atom. The Labute approximate surface area is 122 Å². The number of carbonyl (C=O) groups is 3. The third-order valence-electron chi connectivity index (χ3n) is 3.17. The highest BCUT2D eigenvalue weighted by molar-refractivity contribution is 5.99. The monoisotopic (exact) mass is 291 g/mol. The molecule has 0 radical (unpaired) electrons. The van der Waals surface area contributed by atoms with Crippen molar-refractivity contribution in [2.24, 2.45) is 0 Å². The van der Waals surface area contributed by atoms with Crippen molar-refractivity contribution in [3.05, 3.63) is 35.9 Å². The molecule has 1 saturated heterocycles. The number of benzene rings is 1. The Hall–Kier alpha value is -2.37. The van der Waals surface area contributed by atoms with E-state index in [1.807, 2.05) is 30.3 Å². The molecule has 2 amide bonds. The van der Waals surface area contributed by atoms with E-state index in [9.17, 15) is 14.4 Å². The lowest BCUT2D eigenvalue weighted by atomic mass is 10.2. The molecule has 0 N–H and O–H groups in total. The van der Waals surface area contributed by atoms with E-state index in [1.54, 1.807) is 6.92 Å². The number of rotatable bonds is 4. The van der Waals surface area contributed by atoms with Gasteiger partial charge in [0.15, 0.2) is 0 Å². The molecule has 1 aliphatic rings. The van der Waals surface area contributed by atoms with E-state index in [0.29, 0.717) is 0 Å². The minimum Gasteiger partial charge on any atom is -0.464 e. The van der Waals surface area contributed by atoms with E-state index in [0.717, 1.165) is 10.5 Å². The summed E-state index contributed by atoms with van der Waals surface area (Å²) in [4.78, 5) is 36.4. The second kappa shape index (κ2) is 6.88. The van der Waals surface area contributed by atoms with Gasteiger partial charge in [-0.15, -0.1) is 0 Å². The van der Waals surface area contributed by atoms with E-state index in [-0.39, 0.29) is 26.1 Å². The lowest BCUT2D eigenvalue weighted by Gasteiger charge is -2.20. The first-order valence-corrected chi connectivity index (χ1v) is 6.83. The molecular weight excluding hydrogens is 274 g/mol. The average Bonchev–Trinajstić information content (AvgIpc) is 2.88. The summed E-state index contributed by atoms with van der Waals surface area (Å²) in [5, 5.41) is 0. The van der Waals surface area contributed by atoms with Crippen LogP contribution in [0.2, 0.25) is 0 Å². The average molecular weight is 291 g/mol. The number of nitrogens with zero attached hydrogens (tertiary/aromatic N) is 1. The highest BCUT2D eigenvalue weighted by Crippen LogP contribution is 2.21. The van der Waals surface area contributed by atoms with E-state index < -0.39 is 24.0 Å². The molecule has 6 nitrogen and oxygen atoms in total. The highest BCUT2D eigenvalue weighted by Gasteiger charge is 2.42. The summed E-state index contributed by atoms with van der Waals surface area (Å²) in [7, 11) is 0. The lowest BCUT2D eigenvalue weighted by Crippen LogP contribution is -2.43. The first kappa shape index (κ1) is 15.0. The Balaban J connectivity index is 1.98. The summed E-state index contributed by atoms with van der Waals surface area (Å²) in [6.07, 6.45) is -0.387. The van der Waals surface area contributed by atoms with Crippen LogP contribution in [0.25, 0.3) is 0 Å². The van der Waals surface area contributed by atoms with Crippen LogP contribution in [0.1, 0.15) is 25.3 Å². The molecule has 1 atom stereocenters. The van der Waals surface area contributed by atoms with Crippen molar-refractivity contribution < 1.29 is 23.9 Å². The maximum atomic E-state index is 12.0. The summed E-state index contributed by atoms with van der Waals surface area (Å²) >= 11 is 0. The molecule has 0 bridgehead atoms. The van der Waals surface area contributed by atoms with Gasteiger partial charge in [-0.05, 0) is 18.9 Å². The fourth-order valence-electron chi connectivity index (χ4n) is 2.16. The maximum Gasteiger partial charge on any atom is 0.417 e. The van der Waals surface area contributed by atoms with Gasteiger partial charge in [0.2, 0.25) is 5.91 Å². The minimum absolute atomic E-state index is 0.0546. The summed E-state index contributed by atoms with van der Waals surface area (Å²) in [6.45, 7) is 1.93. The standard InChI is InChI=1S/C15H17NO5/c1-2-20-14(18)12-8-9-13(17)16(12)15(19)21-10-11-6-4-3-5-7-11/h3-7,12H,2,8-10H2,1H3/t12-/m0/s1. The quantitative estimate of drug-likeness (QED) is 0.792. The summed E-state index contributed by atoms with van der Waals surface area (Å²) in [6, 6.07) is 8.24. The number of hydrogen-bond donors (Lipinski definition) is 0. The predicted molar refractivity (Wildman–Crippen MR) is 73.1 cm³/mol. The van der Waals surface area contributed by atoms with Crippen LogP contribution in [0.15, 0.2) is 30.3 Å². The molecule has 0 aromatic heterocycles. The van der Waals surface area contributed by atoms with Crippen LogP contribution >= 0.6 is 0 Å². The van der Waals surface area contributed by atoms with Crippen LogP contribution in [0, 0.1) is 0 Å². The molecule has 6 heteroatoms. The zero-order chi connectivity index (χ0) is 15.2. The van der Waals surface area contributed by atoms with Gasteiger partial charge in [0.1, 0.15) is 12.6 Å². The van der Waals surface area contributed by atoms with Crippen molar-refractivity contribution in [1.82, 2.24) is 4.90 Å². The van der Waals surface area contributed by atoms with Gasteiger partial charge in [-0.1, -0.05) is 30.3 Å². The van der Waals surface area contributed by atoms with E-state index in [4.69, 9.17) is 9.47 Å². The fourth-order valence-corrected chi connectivity index (χ4v) is 2.16. The van der Waals surface area contributed by atoms with Crippen molar-refractivity contribution in [2.45, 2.75) is 32.4 Å². The Morgan fingerprint density at radius 1 is 1.24 bits per heavy atom. The van der Waals surface area contributed by atoms with Gasteiger partial charge in [0, 0.05) is 6.42 Å². The van der Waals surface area contributed by atoms with Gasteiger partial charge in [0.05, 0.1) is 6.61 Å². The van der Waals surface area contributed by atoms with Gasteiger partial charge < -0.3 is 9.47 Å². The zero-order valence-corrected chi connectivity index (χ0v) is 11.8. The number of hydrogen-bond acceptors (Lipinski definition) is 5. The van der Waals surface area contributed by atoms with Gasteiger partial charge in [0.25, 0.3) is 0 Å². The van der Waals surface area contributed by atoms with Crippen molar-refractivity contribution >= 4 is 18.0 Å². The number of carbonyl (C=O) groups excluding carboxylic acids is 3. The van der Waals surface area contributed by atoms with Crippen LogP contribution < -0.4 is 0 Å². The van der Waals surface area contributed by atoms with Crippen molar-refractivity contribution in [1.29, 1.82) is 0 Å². The topological polar surface area (TPSA) is 72.9 Å². The molecule has 0 unspecified atom stereocenters. The van der Waals surface area contributed by atoms with Crippen LogP contribution in [-0.4, -0.2) is 35.5 Å². The summed E-state index contributed by atoms with van der Waals surface area (Å²) < 4.78 is 9.98. The smallest absolute Gasteiger partial charge is 0.417 e. The molecule has 0 spiro atoms. The largest absolute Gasteiger partial charge is 0.464 e. The van der Waals surface area contributed by atoms with Crippen LogP contribution in [0.3, 0.4) is 0 Å². The first-order chi connectivity index (χ1) is 10.1. The second-order valence-corrected chi connectivity index (χ2v) is 4.61. The Kier molecular flexibility index (Phi) is 4.92. The molecular formula is C15H17NO5. The molecule has 1 aromatic rings. The minimum atomic E-state index is -0.874. The molecule has 2 rings (SSSR count). The van der Waals surface area contributed by atoms with E-state index >= 15 is 0 Å². The Bertz CT molecular complexity index is 528. The third kappa shape index (κ3) is 3.59. The summed E-state index contributed by atoms with van der Waals surface area (Å²) in [5.74, 6) is -0.980. The van der Waals surface area contributed by atoms with Gasteiger partial charge in [-0.2, -0.15) is 0 Å². The zero-order valence-electron chi connectivity index (χ0n) is 11.8. The van der Waals surface area contributed by atoms with Crippen molar-refractivity contribution in [3.63, 3.8) is 0 Å². The second-order valence-electron chi connectivity index (χ2n) is 4.61. The summed E-state index contributed by atoms with van der Waals surface area (Å²) in [5.41, 5.74) is 0.810. The van der Waals surface area contributed by atoms with E-state index in [1.165, 1.54) is 0 Å². The third-order valence-corrected chi connectivity index (χ3v) is 3.17. The number of imide groups is 1. The van der Waals surface area contributed by atoms with Gasteiger partial charge in [-0.25, -0.2) is 14.5 Å². The van der Waals surface area contributed by atoms with E-state index in [2.05, 4.69) is 0 Å². The molecule has 112 valence electrons. The van der Waals surface area contributed by atoms with Crippen molar-refractivity contribution in [2.75, 3.05) is 6.61 Å². The van der Waals surface area contributed by atoms with Crippen LogP contribution in [0.5, 0.6) is 0 Å². The van der Waals surface area contributed by atoms with Gasteiger partial charge in [-0.3, -0.25) is 4.79 Å². The van der Waals surface area contributed by atoms with Crippen molar-refractivity contribution in [3.8, 4) is 0 Å². The molecule has 0 aliphatic carbocycles. The lowest BCUT2D eigenvalue weighted by molar-refractivity contribution is -0.150. The maximum absolute atomic E-state index is 12.0. The number of likely N-dealkylation sites (tertiary alicyclic amines) is 1. The molecule has 0 saturated carbocycles. The van der Waals surface area contributed by atoms with Crippen LogP contribution in [0.4, 0.5) is 4.79 Å². The molecule has 21 heavy (non-hydrogen) atoms. The number of amides is 2. The molecule has 1 aliphatic heterocycles. The number of ether oxygens (including phenoxy) is 2.